The van der Waals surface area contributed by atoms with E-state index in [0.717, 1.165) is 23.3 Å². The second kappa shape index (κ2) is 5.88. The topological polar surface area (TPSA) is 75.6 Å². The molecule has 1 aliphatic heterocycles. The van der Waals surface area contributed by atoms with Crippen LogP contribution in [0.15, 0.2) is 10.3 Å². The van der Waals surface area contributed by atoms with Crippen LogP contribution in [0.1, 0.15) is 23.8 Å². The Morgan fingerprint density at radius 3 is 2.89 bits per heavy atom. The van der Waals surface area contributed by atoms with Crippen molar-refractivity contribution in [1.29, 1.82) is 0 Å². The molecule has 2 atom stereocenters. The van der Waals surface area contributed by atoms with E-state index in [-0.39, 0.29) is 22.8 Å². The first-order valence-corrected chi connectivity index (χ1v) is 8.54. The summed E-state index contributed by atoms with van der Waals surface area (Å²) in [6.07, 6.45) is 0.884. The zero-order chi connectivity index (χ0) is 14.0. The van der Waals surface area contributed by atoms with Crippen molar-refractivity contribution >= 4 is 21.4 Å². The fourth-order valence-corrected chi connectivity index (χ4v) is 4.90. The molecule has 0 radical (unpaired) electrons. The maximum absolute atomic E-state index is 12.3. The van der Waals surface area contributed by atoms with Crippen LogP contribution in [-0.2, 0) is 21.4 Å². The van der Waals surface area contributed by atoms with E-state index in [0.29, 0.717) is 18.1 Å². The number of rotatable bonds is 5. The molecule has 1 aromatic heterocycles. The molecule has 5 nitrogen and oxygen atoms in total. The van der Waals surface area contributed by atoms with Gasteiger partial charge in [0.05, 0.1) is 13.2 Å². The number of aryl methyl sites for hydroxylation is 1. The normalized spacial score (nSPS) is 21.7. The molecule has 1 fully saturated rings. The number of aliphatic hydroxyl groups excluding tert-OH is 1. The largest absolute Gasteiger partial charge is 0.391 e. The highest BCUT2D eigenvalue weighted by Crippen LogP contribution is 2.27. The van der Waals surface area contributed by atoms with E-state index >= 15 is 0 Å². The average Bonchev–Trinajstić information content (AvgIpc) is 2.96. The van der Waals surface area contributed by atoms with Crippen LogP contribution in [0.2, 0.25) is 0 Å². The van der Waals surface area contributed by atoms with Gasteiger partial charge in [-0.25, -0.2) is 13.1 Å². The summed E-state index contributed by atoms with van der Waals surface area (Å²) in [5.41, 5.74) is 0.810. The van der Waals surface area contributed by atoms with Gasteiger partial charge in [-0.3, -0.25) is 0 Å². The number of sulfonamides is 1. The molecule has 0 amide bonds. The van der Waals surface area contributed by atoms with E-state index in [4.69, 9.17) is 9.84 Å². The van der Waals surface area contributed by atoms with E-state index < -0.39 is 10.0 Å². The van der Waals surface area contributed by atoms with Crippen molar-refractivity contribution in [3.05, 3.63) is 16.5 Å². The molecule has 0 aliphatic carbocycles. The second-order valence-electron chi connectivity index (χ2n) is 4.86. The Morgan fingerprint density at radius 1 is 1.63 bits per heavy atom. The van der Waals surface area contributed by atoms with Crippen LogP contribution in [0.3, 0.4) is 0 Å². The van der Waals surface area contributed by atoms with Gasteiger partial charge >= 0.3 is 0 Å². The van der Waals surface area contributed by atoms with Gasteiger partial charge in [0.1, 0.15) is 4.21 Å². The smallest absolute Gasteiger partial charge is 0.250 e. The molecule has 7 heteroatoms. The quantitative estimate of drug-likeness (QED) is 0.858. The summed E-state index contributed by atoms with van der Waals surface area (Å²) in [7, 11) is -3.51. The van der Waals surface area contributed by atoms with E-state index in [1.807, 2.05) is 6.92 Å². The van der Waals surface area contributed by atoms with Gasteiger partial charge in [0, 0.05) is 23.4 Å². The van der Waals surface area contributed by atoms with E-state index in [9.17, 15) is 8.42 Å². The Labute approximate surface area is 117 Å². The lowest BCUT2D eigenvalue weighted by Gasteiger charge is -2.18. The van der Waals surface area contributed by atoms with Crippen molar-refractivity contribution in [1.82, 2.24) is 4.72 Å². The summed E-state index contributed by atoms with van der Waals surface area (Å²) in [6, 6.07) is 1.46. The Morgan fingerprint density at radius 2 is 2.37 bits per heavy atom. The third kappa shape index (κ3) is 3.35. The van der Waals surface area contributed by atoms with Gasteiger partial charge in [-0.05, 0) is 31.9 Å². The Hall–Kier alpha value is -0.470. The van der Waals surface area contributed by atoms with Crippen LogP contribution in [0.25, 0.3) is 0 Å². The van der Waals surface area contributed by atoms with Crippen molar-refractivity contribution < 1.29 is 18.3 Å². The van der Waals surface area contributed by atoms with Crippen LogP contribution in [0.5, 0.6) is 0 Å². The summed E-state index contributed by atoms with van der Waals surface area (Å²) in [4.78, 5) is 0.692. The van der Waals surface area contributed by atoms with Crippen LogP contribution in [0, 0.1) is 12.8 Å². The predicted octanol–water partition coefficient (Wildman–Crippen LogP) is 1.25. The zero-order valence-electron chi connectivity index (χ0n) is 11.0. The van der Waals surface area contributed by atoms with Gasteiger partial charge in [-0.2, -0.15) is 0 Å². The van der Waals surface area contributed by atoms with Crippen LogP contribution >= 0.6 is 11.3 Å². The summed E-state index contributed by atoms with van der Waals surface area (Å²) in [5.74, 6) is 0.230. The van der Waals surface area contributed by atoms with Gasteiger partial charge in [-0.1, -0.05) is 0 Å². The average molecular weight is 305 g/mol. The Balaban J connectivity index is 2.12. The third-order valence-corrected chi connectivity index (χ3v) is 6.67. The third-order valence-electron chi connectivity index (χ3n) is 3.42. The first kappa shape index (κ1) is 14.9. The van der Waals surface area contributed by atoms with Gasteiger partial charge in [-0.15, -0.1) is 11.3 Å². The summed E-state index contributed by atoms with van der Waals surface area (Å²) in [6.45, 7) is 4.84. The molecule has 2 N–H and O–H groups in total. The lowest BCUT2D eigenvalue weighted by atomic mass is 10.0. The summed E-state index contributed by atoms with van der Waals surface area (Å²) < 4.78 is 32.8. The molecule has 2 unspecified atom stereocenters. The fraction of sp³-hybridized carbons (Fsp3) is 0.667. The number of ether oxygens (including phenoxy) is 1. The second-order valence-corrected chi connectivity index (χ2v) is 7.94. The highest BCUT2D eigenvalue weighted by Gasteiger charge is 2.27. The van der Waals surface area contributed by atoms with Crippen molar-refractivity contribution in [2.24, 2.45) is 5.92 Å². The number of aliphatic hydroxyl groups is 1. The lowest BCUT2D eigenvalue weighted by molar-refractivity contribution is 0.180. The minimum Gasteiger partial charge on any atom is -0.391 e. The molecule has 108 valence electrons. The first-order valence-electron chi connectivity index (χ1n) is 6.24. The molecular formula is C12H19NO4S2. The number of hydrogen-bond acceptors (Lipinski definition) is 5. The van der Waals surface area contributed by atoms with Gasteiger partial charge in [0.2, 0.25) is 10.0 Å². The van der Waals surface area contributed by atoms with E-state index in [2.05, 4.69) is 4.72 Å². The molecule has 19 heavy (non-hydrogen) atoms. The van der Waals surface area contributed by atoms with Crippen molar-refractivity contribution in [3.8, 4) is 0 Å². The molecule has 2 heterocycles. The molecule has 0 bridgehead atoms. The number of thiophene rings is 1. The van der Waals surface area contributed by atoms with Crippen molar-refractivity contribution in [2.45, 2.75) is 37.1 Å². The molecule has 2 rings (SSSR count). The van der Waals surface area contributed by atoms with Gasteiger partial charge in [0.15, 0.2) is 0 Å². The van der Waals surface area contributed by atoms with E-state index in [1.54, 1.807) is 13.0 Å². The zero-order valence-corrected chi connectivity index (χ0v) is 12.7. The number of hydrogen-bond donors (Lipinski definition) is 2. The molecule has 0 saturated carbocycles. The Kier molecular flexibility index (Phi) is 4.62. The maximum atomic E-state index is 12.3. The van der Waals surface area contributed by atoms with Gasteiger partial charge in [0.25, 0.3) is 0 Å². The summed E-state index contributed by atoms with van der Waals surface area (Å²) in [5, 5.41) is 9.13. The van der Waals surface area contributed by atoms with E-state index in [1.165, 1.54) is 0 Å². The predicted molar refractivity (Wildman–Crippen MR) is 73.7 cm³/mol. The Bertz CT molecular complexity index is 532. The highest BCUT2D eigenvalue weighted by atomic mass is 32.2. The highest BCUT2D eigenvalue weighted by molar-refractivity contribution is 7.91. The maximum Gasteiger partial charge on any atom is 0.250 e. The fourth-order valence-electron chi connectivity index (χ4n) is 2.12. The minimum atomic E-state index is -3.51. The van der Waals surface area contributed by atoms with Crippen LogP contribution in [0.4, 0.5) is 0 Å². The molecule has 0 spiro atoms. The van der Waals surface area contributed by atoms with Gasteiger partial charge < -0.3 is 9.84 Å². The van der Waals surface area contributed by atoms with Crippen LogP contribution in [-0.4, -0.2) is 32.8 Å². The molecule has 1 saturated heterocycles. The molecule has 0 aromatic carbocycles. The van der Waals surface area contributed by atoms with Crippen molar-refractivity contribution in [3.63, 3.8) is 0 Å². The van der Waals surface area contributed by atoms with Crippen LogP contribution < -0.4 is 4.72 Å². The molecule has 1 aliphatic rings. The van der Waals surface area contributed by atoms with Crippen molar-refractivity contribution in [2.75, 3.05) is 13.2 Å². The first-order chi connectivity index (χ1) is 8.94. The monoisotopic (exact) mass is 305 g/mol. The standard InChI is InChI=1S/C12H19NO4S2/c1-8-5-12(18-11(8)6-14)19(15,16)13-9(2)10-3-4-17-7-10/h5,9-10,13-14H,3-4,6-7H2,1-2H3. The molecule has 1 aromatic rings. The summed E-state index contributed by atoms with van der Waals surface area (Å²) >= 11 is 1.12. The SMILES string of the molecule is Cc1cc(S(=O)(=O)NC(C)C2CCOC2)sc1CO. The molecular weight excluding hydrogens is 286 g/mol. The lowest BCUT2D eigenvalue weighted by Crippen LogP contribution is -2.38. The number of nitrogens with one attached hydrogen (secondary N) is 1. The minimum absolute atomic E-state index is 0.127.